The molecule has 0 aromatic carbocycles. The van der Waals surface area contributed by atoms with Gasteiger partial charge in [0.25, 0.3) is 5.91 Å². The second-order valence-corrected chi connectivity index (χ2v) is 6.07. The van der Waals surface area contributed by atoms with Crippen LogP contribution in [0.5, 0.6) is 0 Å². The van der Waals surface area contributed by atoms with Gasteiger partial charge in [0.2, 0.25) is 5.91 Å². The fraction of sp³-hybridized carbons (Fsp3) is 0.769. The summed E-state index contributed by atoms with van der Waals surface area (Å²) in [4.78, 5) is 38.5. The standard InChI is InChI=1S/C13H21N3O4/c1-4-13(3)10(18)16(11(19)14-13)7-9(17)15-6-5-12(2,20)8-15/h20H,4-8H2,1-3H3,(H,14,19). The minimum atomic E-state index is -0.923. The molecule has 2 N–H and O–H groups in total. The van der Waals surface area contributed by atoms with E-state index in [1.807, 2.05) is 0 Å². The lowest BCUT2D eigenvalue weighted by atomic mass is 9.99. The van der Waals surface area contributed by atoms with Crippen LogP contribution in [0.25, 0.3) is 0 Å². The van der Waals surface area contributed by atoms with Gasteiger partial charge in [-0.2, -0.15) is 0 Å². The number of likely N-dealkylation sites (tertiary alicyclic amines) is 1. The first-order chi connectivity index (χ1) is 9.18. The van der Waals surface area contributed by atoms with Crippen molar-refractivity contribution >= 4 is 17.8 Å². The number of carbonyl (C=O) groups is 3. The number of carbonyl (C=O) groups excluding carboxylic acids is 3. The van der Waals surface area contributed by atoms with E-state index in [2.05, 4.69) is 5.32 Å². The third-order valence-electron chi connectivity index (χ3n) is 4.15. The number of hydrogen-bond donors (Lipinski definition) is 2. The molecular weight excluding hydrogens is 262 g/mol. The Labute approximate surface area is 117 Å². The number of rotatable bonds is 3. The van der Waals surface area contributed by atoms with Crippen molar-refractivity contribution in [3.05, 3.63) is 0 Å². The Morgan fingerprint density at radius 3 is 2.50 bits per heavy atom. The number of amides is 4. The van der Waals surface area contributed by atoms with Crippen molar-refractivity contribution in [2.75, 3.05) is 19.6 Å². The minimum absolute atomic E-state index is 0.237. The highest BCUT2D eigenvalue weighted by Crippen LogP contribution is 2.23. The first-order valence-electron chi connectivity index (χ1n) is 6.83. The van der Waals surface area contributed by atoms with Gasteiger partial charge < -0.3 is 15.3 Å². The zero-order chi connectivity index (χ0) is 15.1. The molecule has 0 bridgehead atoms. The first-order valence-corrected chi connectivity index (χ1v) is 6.83. The van der Waals surface area contributed by atoms with E-state index in [1.165, 1.54) is 4.90 Å². The van der Waals surface area contributed by atoms with Gasteiger partial charge in [0.15, 0.2) is 0 Å². The molecule has 2 atom stereocenters. The second kappa shape index (κ2) is 4.73. The molecule has 7 nitrogen and oxygen atoms in total. The number of urea groups is 1. The van der Waals surface area contributed by atoms with E-state index in [-0.39, 0.29) is 24.9 Å². The number of imide groups is 1. The molecule has 112 valence electrons. The molecule has 2 saturated heterocycles. The Kier molecular flexibility index (Phi) is 3.49. The van der Waals surface area contributed by atoms with Crippen molar-refractivity contribution in [1.29, 1.82) is 0 Å². The maximum atomic E-state index is 12.2. The van der Waals surface area contributed by atoms with E-state index in [9.17, 15) is 19.5 Å². The van der Waals surface area contributed by atoms with Crippen molar-refractivity contribution in [3.8, 4) is 0 Å². The molecule has 0 saturated carbocycles. The number of nitrogens with zero attached hydrogens (tertiary/aromatic N) is 2. The minimum Gasteiger partial charge on any atom is -0.388 e. The Bertz CT molecular complexity index is 463. The highest BCUT2D eigenvalue weighted by atomic mass is 16.3. The molecule has 20 heavy (non-hydrogen) atoms. The largest absolute Gasteiger partial charge is 0.388 e. The zero-order valence-electron chi connectivity index (χ0n) is 12.1. The van der Waals surface area contributed by atoms with Crippen LogP contribution in [0.2, 0.25) is 0 Å². The molecule has 0 radical (unpaired) electrons. The van der Waals surface area contributed by atoms with Crippen molar-refractivity contribution in [2.45, 2.75) is 44.8 Å². The van der Waals surface area contributed by atoms with Gasteiger partial charge in [-0.25, -0.2) is 4.79 Å². The molecule has 4 amide bonds. The quantitative estimate of drug-likeness (QED) is 0.695. The summed E-state index contributed by atoms with van der Waals surface area (Å²) in [6, 6.07) is -0.529. The summed E-state index contributed by atoms with van der Waals surface area (Å²) in [6.07, 6.45) is 0.978. The average Bonchev–Trinajstić information content (AvgIpc) is 2.83. The Hall–Kier alpha value is -1.63. The molecule has 2 rings (SSSR count). The van der Waals surface area contributed by atoms with Crippen LogP contribution in [0.1, 0.15) is 33.6 Å². The van der Waals surface area contributed by atoms with Crippen molar-refractivity contribution in [1.82, 2.24) is 15.1 Å². The second-order valence-electron chi connectivity index (χ2n) is 6.07. The van der Waals surface area contributed by atoms with Gasteiger partial charge in [-0.05, 0) is 26.7 Å². The van der Waals surface area contributed by atoms with E-state index in [0.29, 0.717) is 19.4 Å². The van der Waals surface area contributed by atoms with Crippen LogP contribution >= 0.6 is 0 Å². The Morgan fingerprint density at radius 2 is 2.05 bits per heavy atom. The lowest BCUT2D eigenvalue weighted by Crippen LogP contribution is -2.45. The molecule has 2 fully saturated rings. The normalized spacial score (nSPS) is 33.8. The summed E-state index contributed by atoms with van der Waals surface area (Å²) in [5.41, 5.74) is -1.81. The smallest absolute Gasteiger partial charge is 0.325 e. The molecule has 0 spiro atoms. The summed E-state index contributed by atoms with van der Waals surface area (Å²) in [5, 5.41) is 12.5. The lowest BCUT2D eigenvalue weighted by Gasteiger charge is -2.22. The SMILES string of the molecule is CCC1(C)NC(=O)N(CC(=O)N2CCC(C)(O)C2)C1=O. The monoisotopic (exact) mass is 283 g/mol. The van der Waals surface area contributed by atoms with E-state index in [4.69, 9.17) is 0 Å². The predicted octanol–water partition coefficient (Wildman–Crippen LogP) is -0.310. The summed E-state index contributed by atoms with van der Waals surface area (Å²) >= 11 is 0. The van der Waals surface area contributed by atoms with E-state index < -0.39 is 17.2 Å². The maximum Gasteiger partial charge on any atom is 0.325 e. The molecule has 2 unspecified atom stereocenters. The molecule has 0 aromatic heterocycles. The van der Waals surface area contributed by atoms with Crippen LogP contribution in [0.3, 0.4) is 0 Å². The van der Waals surface area contributed by atoms with Crippen LogP contribution in [0.4, 0.5) is 4.79 Å². The van der Waals surface area contributed by atoms with Gasteiger partial charge >= 0.3 is 6.03 Å². The summed E-state index contributed by atoms with van der Waals surface area (Å²) in [6.45, 7) is 5.54. The molecule has 2 aliphatic rings. The van der Waals surface area contributed by atoms with Crippen LogP contribution in [-0.2, 0) is 9.59 Å². The molecule has 0 aliphatic carbocycles. The molecule has 2 aliphatic heterocycles. The molecule has 0 aromatic rings. The number of nitrogens with one attached hydrogen (secondary N) is 1. The van der Waals surface area contributed by atoms with Crippen molar-refractivity contribution < 1.29 is 19.5 Å². The van der Waals surface area contributed by atoms with Crippen LogP contribution in [0.15, 0.2) is 0 Å². The summed E-state index contributed by atoms with van der Waals surface area (Å²) in [7, 11) is 0. The van der Waals surface area contributed by atoms with E-state index in [0.717, 1.165) is 4.90 Å². The van der Waals surface area contributed by atoms with Gasteiger partial charge in [0.05, 0.1) is 5.60 Å². The predicted molar refractivity (Wildman–Crippen MR) is 70.8 cm³/mol. The number of hydrogen-bond acceptors (Lipinski definition) is 4. The third-order valence-corrected chi connectivity index (χ3v) is 4.15. The van der Waals surface area contributed by atoms with Crippen molar-refractivity contribution in [2.24, 2.45) is 0 Å². The number of aliphatic hydroxyl groups is 1. The first kappa shape index (κ1) is 14.8. The highest BCUT2D eigenvalue weighted by Gasteiger charge is 2.47. The van der Waals surface area contributed by atoms with Gasteiger partial charge in [-0.3, -0.25) is 14.5 Å². The summed E-state index contributed by atoms with van der Waals surface area (Å²) in [5.74, 6) is -0.684. The average molecular weight is 283 g/mol. The highest BCUT2D eigenvalue weighted by molar-refractivity contribution is 6.08. The van der Waals surface area contributed by atoms with E-state index in [1.54, 1.807) is 20.8 Å². The summed E-state index contributed by atoms with van der Waals surface area (Å²) < 4.78 is 0. The van der Waals surface area contributed by atoms with Gasteiger partial charge in [-0.1, -0.05) is 6.92 Å². The van der Waals surface area contributed by atoms with Crippen LogP contribution in [0, 0.1) is 0 Å². The van der Waals surface area contributed by atoms with Crippen LogP contribution in [-0.4, -0.2) is 63.5 Å². The number of β-amino-alcohol motifs (C(OH)–C–C–N with tert-alkyl or cyclic N) is 1. The van der Waals surface area contributed by atoms with Gasteiger partial charge in [0.1, 0.15) is 12.1 Å². The zero-order valence-corrected chi connectivity index (χ0v) is 12.1. The Morgan fingerprint density at radius 1 is 1.40 bits per heavy atom. The van der Waals surface area contributed by atoms with Crippen LogP contribution < -0.4 is 5.32 Å². The molecule has 7 heteroatoms. The third kappa shape index (κ3) is 2.49. The van der Waals surface area contributed by atoms with Crippen molar-refractivity contribution in [3.63, 3.8) is 0 Å². The van der Waals surface area contributed by atoms with E-state index >= 15 is 0 Å². The molecule has 2 heterocycles. The lowest BCUT2D eigenvalue weighted by molar-refractivity contribution is -0.138. The fourth-order valence-electron chi connectivity index (χ4n) is 2.52. The fourth-order valence-corrected chi connectivity index (χ4v) is 2.52. The molecular formula is C13H21N3O4. The van der Waals surface area contributed by atoms with Gasteiger partial charge in [-0.15, -0.1) is 0 Å². The maximum absolute atomic E-state index is 12.2. The Balaban J connectivity index is 2.02. The topological polar surface area (TPSA) is 90.0 Å². The van der Waals surface area contributed by atoms with Gasteiger partial charge in [0, 0.05) is 13.1 Å².